The molecule has 0 saturated heterocycles. The highest BCUT2D eigenvalue weighted by atomic mass is 16.6. The Labute approximate surface area is 68.6 Å². The Kier molecular flexibility index (Phi) is 2.42. The van der Waals surface area contributed by atoms with Gasteiger partial charge in [0.1, 0.15) is 0 Å². The molecule has 12 heavy (non-hydrogen) atoms. The average Bonchev–Trinajstić information content (AvgIpc) is 1.97. The van der Waals surface area contributed by atoms with Gasteiger partial charge in [-0.15, -0.1) is 0 Å². The lowest BCUT2D eigenvalue weighted by molar-refractivity contribution is 0.273. The Morgan fingerprint density at radius 2 is 1.58 bits per heavy atom. The Bertz CT molecular complexity index is 254. The average molecular weight is 170 g/mol. The second-order valence-corrected chi connectivity index (χ2v) is 2.07. The van der Waals surface area contributed by atoms with Crippen LogP contribution in [0.1, 0.15) is 0 Å². The molecular formula is C6H7BO5. The van der Waals surface area contributed by atoms with E-state index in [1.54, 1.807) is 0 Å². The number of para-hydroxylation sites is 1. The van der Waals surface area contributed by atoms with Gasteiger partial charge in [-0.2, -0.15) is 0 Å². The van der Waals surface area contributed by atoms with Gasteiger partial charge in [-0.05, 0) is 12.1 Å². The lowest BCUT2D eigenvalue weighted by Gasteiger charge is -2.07. The van der Waals surface area contributed by atoms with Gasteiger partial charge in [0.05, 0.1) is 0 Å². The maximum atomic E-state index is 9.03. The van der Waals surface area contributed by atoms with E-state index < -0.39 is 7.32 Å². The Morgan fingerprint density at radius 1 is 1.08 bits per heavy atom. The van der Waals surface area contributed by atoms with Gasteiger partial charge < -0.3 is 24.9 Å². The molecule has 0 amide bonds. The molecule has 1 aromatic carbocycles. The molecule has 64 valence electrons. The molecule has 0 heterocycles. The van der Waals surface area contributed by atoms with Crippen molar-refractivity contribution >= 4 is 7.32 Å². The van der Waals surface area contributed by atoms with E-state index in [4.69, 9.17) is 20.3 Å². The van der Waals surface area contributed by atoms with Crippen molar-refractivity contribution in [2.75, 3.05) is 0 Å². The van der Waals surface area contributed by atoms with Gasteiger partial charge in [0.15, 0.2) is 17.2 Å². The van der Waals surface area contributed by atoms with Crippen LogP contribution in [-0.4, -0.2) is 27.6 Å². The van der Waals surface area contributed by atoms with Crippen molar-refractivity contribution in [3.63, 3.8) is 0 Å². The summed E-state index contributed by atoms with van der Waals surface area (Å²) >= 11 is 0. The molecule has 5 nitrogen and oxygen atoms in total. The molecule has 0 radical (unpaired) electrons. The predicted molar refractivity (Wildman–Crippen MR) is 40.6 cm³/mol. The molecule has 1 rings (SSSR count). The van der Waals surface area contributed by atoms with E-state index in [0.29, 0.717) is 0 Å². The number of aromatic hydroxyl groups is 2. The summed E-state index contributed by atoms with van der Waals surface area (Å²) in [5, 5.41) is 34.8. The highest BCUT2D eigenvalue weighted by Gasteiger charge is 2.16. The molecule has 0 aliphatic carbocycles. The fourth-order valence-electron chi connectivity index (χ4n) is 0.739. The van der Waals surface area contributed by atoms with Crippen molar-refractivity contribution < 1.29 is 24.9 Å². The first-order valence-electron chi connectivity index (χ1n) is 3.15. The fourth-order valence-corrected chi connectivity index (χ4v) is 0.739. The molecule has 0 bridgehead atoms. The topological polar surface area (TPSA) is 90.2 Å². The maximum Gasteiger partial charge on any atom is 0.707 e. The maximum absolute atomic E-state index is 9.03. The van der Waals surface area contributed by atoms with E-state index in [1.807, 2.05) is 0 Å². The van der Waals surface area contributed by atoms with E-state index in [0.717, 1.165) is 0 Å². The summed E-state index contributed by atoms with van der Waals surface area (Å²) in [6.45, 7) is 0. The molecule has 0 spiro atoms. The van der Waals surface area contributed by atoms with Crippen LogP contribution in [0.5, 0.6) is 17.2 Å². The minimum atomic E-state index is -2.07. The van der Waals surface area contributed by atoms with Crippen LogP contribution >= 0.6 is 0 Å². The van der Waals surface area contributed by atoms with E-state index in [-0.39, 0.29) is 17.2 Å². The Morgan fingerprint density at radius 3 is 2.00 bits per heavy atom. The van der Waals surface area contributed by atoms with Gasteiger partial charge >= 0.3 is 7.32 Å². The van der Waals surface area contributed by atoms with Crippen molar-refractivity contribution in [2.24, 2.45) is 0 Å². The number of hydrogen-bond acceptors (Lipinski definition) is 5. The summed E-state index contributed by atoms with van der Waals surface area (Å²) in [6, 6.07) is 3.89. The first-order chi connectivity index (χ1) is 5.61. The Hall–Kier alpha value is -1.40. The zero-order valence-corrected chi connectivity index (χ0v) is 6.01. The normalized spacial score (nSPS) is 9.50. The molecular weight excluding hydrogens is 163 g/mol. The number of rotatable bonds is 2. The minimum Gasteiger partial charge on any atom is -0.506 e. The van der Waals surface area contributed by atoms with Crippen molar-refractivity contribution in [1.29, 1.82) is 0 Å². The third kappa shape index (κ3) is 1.80. The van der Waals surface area contributed by atoms with Gasteiger partial charge in [0.25, 0.3) is 0 Å². The quantitative estimate of drug-likeness (QED) is 0.447. The molecule has 1 aromatic rings. The summed E-state index contributed by atoms with van der Waals surface area (Å²) in [4.78, 5) is 0. The van der Waals surface area contributed by atoms with Crippen molar-refractivity contribution in [3.8, 4) is 17.2 Å². The van der Waals surface area contributed by atoms with Crippen LogP contribution in [0, 0.1) is 0 Å². The summed E-state index contributed by atoms with van der Waals surface area (Å²) in [5.74, 6) is -1.07. The van der Waals surface area contributed by atoms with Gasteiger partial charge in [0.2, 0.25) is 0 Å². The molecule has 0 fully saturated rings. The first-order valence-corrected chi connectivity index (χ1v) is 3.15. The van der Waals surface area contributed by atoms with Crippen molar-refractivity contribution in [1.82, 2.24) is 0 Å². The molecule has 4 N–H and O–H groups in total. The second kappa shape index (κ2) is 3.33. The smallest absolute Gasteiger partial charge is 0.506 e. The first kappa shape index (κ1) is 8.70. The van der Waals surface area contributed by atoms with Gasteiger partial charge in [-0.3, -0.25) is 0 Å². The highest BCUT2D eigenvalue weighted by molar-refractivity contribution is 6.34. The van der Waals surface area contributed by atoms with Crippen LogP contribution in [0.3, 0.4) is 0 Å². The molecule has 0 aliphatic heterocycles. The predicted octanol–water partition coefficient (Wildman–Crippen LogP) is -0.554. The van der Waals surface area contributed by atoms with E-state index in [2.05, 4.69) is 4.65 Å². The van der Waals surface area contributed by atoms with Gasteiger partial charge in [0, 0.05) is 0 Å². The van der Waals surface area contributed by atoms with Crippen molar-refractivity contribution in [3.05, 3.63) is 18.2 Å². The van der Waals surface area contributed by atoms with Crippen molar-refractivity contribution in [2.45, 2.75) is 0 Å². The second-order valence-electron chi connectivity index (χ2n) is 2.07. The van der Waals surface area contributed by atoms with E-state index in [1.165, 1.54) is 18.2 Å². The highest BCUT2D eigenvalue weighted by Crippen LogP contribution is 2.34. The Balaban J connectivity index is 2.96. The number of benzene rings is 1. The molecule has 0 aromatic heterocycles. The molecule has 0 atom stereocenters. The number of hydrogen-bond donors (Lipinski definition) is 4. The zero-order chi connectivity index (χ0) is 9.14. The lowest BCUT2D eigenvalue weighted by Crippen LogP contribution is -2.20. The van der Waals surface area contributed by atoms with Crippen LogP contribution in [0.15, 0.2) is 18.2 Å². The SMILES string of the molecule is OB(O)Oc1c(O)cccc1O. The number of phenolic OH excluding ortho intramolecular Hbond substituents is 2. The summed E-state index contributed by atoms with van der Waals surface area (Å²) in [7, 11) is -2.07. The largest absolute Gasteiger partial charge is 0.707 e. The summed E-state index contributed by atoms with van der Waals surface area (Å²) < 4.78 is 4.29. The van der Waals surface area contributed by atoms with Gasteiger partial charge in [-0.25, -0.2) is 0 Å². The number of phenols is 2. The third-order valence-electron chi connectivity index (χ3n) is 1.20. The van der Waals surface area contributed by atoms with Crippen LogP contribution in [0.2, 0.25) is 0 Å². The van der Waals surface area contributed by atoms with E-state index in [9.17, 15) is 0 Å². The molecule has 0 unspecified atom stereocenters. The van der Waals surface area contributed by atoms with Gasteiger partial charge in [-0.1, -0.05) is 6.07 Å². The fraction of sp³-hybridized carbons (Fsp3) is 0. The van der Waals surface area contributed by atoms with Crippen LogP contribution < -0.4 is 4.65 Å². The summed E-state index contributed by atoms with van der Waals surface area (Å²) in [6.07, 6.45) is 0. The zero-order valence-electron chi connectivity index (χ0n) is 6.01. The molecule has 0 saturated carbocycles. The standard InChI is InChI=1S/C6H7BO5/c8-4-2-1-3-5(9)6(4)12-7(10)11/h1-3,8-11H. The molecule has 6 heteroatoms. The minimum absolute atomic E-state index is 0.354. The monoisotopic (exact) mass is 170 g/mol. The lowest BCUT2D eigenvalue weighted by atomic mass is 10.2. The van der Waals surface area contributed by atoms with Crippen LogP contribution in [0.4, 0.5) is 0 Å². The van der Waals surface area contributed by atoms with Crippen LogP contribution in [0.25, 0.3) is 0 Å². The molecule has 0 aliphatic rings. The van der Waals surface area contributed by atoms with Crippen LogP contribution in [-0.2, 0) is 0 Å². The summed E-state index contributed by atoms with van der Waals surface area (Å²) in [5.41, 5.74) is 0. The third-order valence-corrected chi connectivity index (χ3v) is 1.20. The van der Waals surface area contributed by atoms with E-state index >= 15 is 0 Å².